The van der Waals surface area contributed by atoms with Crippen LogP contribution in [0.3, 0.4) is 0 Å². The first-order valence-electron chi connectivity index (χ1n) is 21.0. The van der Waals surface area contributed by atoms with E-state index in [1.807, 2.05) is 73.9 Å². The van der Waals surface area contributed by atoms with Gasteiger partial charge in [0.1, 0.15) is 29.5 Å². The van der Waals surface area contributed by atoms with Gasteiger partial charge in [0.05, 0.1) is 49.2 Å². The molecule has 4 amide bonds. The molecule has 314 valence electrons. The number of methoxy groups -OCH3 is 2. The maximum atomic E-state index is 16.0. The van der Waals surface area contributed by atoms with Crippen LogP contribution in [0.2, 0.25) is 0 Å². The molecule has 2 aliphatic carbocycles. The molecule has 2 aromatic heterocycles. The summed E-state index contributed by atoms with van der Waals surface area (Å²) in [6, 6.07) is 13.3. The Balaban J connectivity index is 0.948. The van der Waals surface area contributed by atoms with Gasteiger partial charge in [-0.2, -0.15) is 0 Å². The number of carbonyl (C=O) groups excluding carboxylic acids is 4. The lowest BCUT2D eigenvalue weighted by molar-refractivity contribution is -0.139. The minimum absolute atomic E-state index is 0.0470. The number of imidazole rings is 2. The van der Waals surface area contributed by atoms with Crippen LogP contribution in [0.15, 0.2) is 54.7 Å². The van der Waals surface area contributed by atoms with Crippen LogP contribution in [0.4, 0.5) is 14.0 Å². The molecular weight excluding hydrogens is 768 g/mol. The summed E-state index contributed by atoms with van der Waals surface area (Å²) in [6.45, 7) is 7.59. The number of nitrogens with one attached hydrogen (secondary N) is 4. The molecule has 2 bridgehead atoms. The number of hydrogen-bond donors (Lipinski definition) is 4. The largest absolute Gasteiger partial charge is 0.453 e. The molecule has 3 aromatic carbocycles. The van der Waals surface area contributed by atoms with E-state index in [9.17, 15) is 19.2 Å². The molecule has 4 heterocycles. The van der Waals surface area contributed by atoms with E-state index in [0.717, 1.165) is 65.3 Å². The predicted octanol–water partition coefficient (Wildman–Crippen LogP) is 7.39. The highest BCUT2D eigenvalue weighted by Crippen LogP contribution is 2.54. The number of H-pyrrole nitrogens is 2. The molecule has 15 heteroatoms. The number of aromatic amines is 2. The third kappa shape index (κ3) is 6.81. The van der Waals surface area contributed by atoms with E-state index in [0.29, 0.717) is 28.6 Å². The number of alkyl carbamates (subject to hydrolysis) is 2. The SMILES string of the molecule is COC(=O)N[C@H](C(=O)N1[C@@H]2CC[C@@H](C2)[C@H]1c1ncc(-c2ccc(-c3ccc4c(ccc5nc([C@@H]6C[C@H]7C[C@H]7N6C(=O)[C@@H](NC(=O)OC)C(C)C)[nH]c54)c3)cc2F)[nH]1)C(C)C. The zero-order valence-corrected chi connectivity index (χ0v) is 34.6. The van der Waals surface area contributed by atoms with Crippen molar-refractivity contribution in [2.75, 3.05) is 14.2 Å². The zero-order chi connectivity index (χ0) is 42.1. The highest BCUT2D eigenvalue weighted by atomic mass is 19.1. The lowest BCUT2D eigenvalue weighted by atomic mass is 9.95. The number of fused-ring (bicyclic) bond motifs is 6. The van der Waals surface area contributed by atoms with Crippen LogP contribution < -0.4 is 10.6 Å². The first-order chi connectivity index (χ1) is 28.8. The van der Waals surface area contributed by atoms with Crippen molar-refractivity contribution in [3.05, 3.63) is 72.2 Å². The fraction of sp³-hybridized carbons (Fsp3) is 0.467. The first kappa shape index (κ1) is 39.5. The minimum atomic E-state index is -0.746. The highest BCUT2D eigenvalue weighted by Gasteiger charge is 2.56. The van der Waals surface area contributed by atoms with Crippen LogP contribution in [0.1, 0.15) is 83.5 Å². The van der Waals surface area contributed by atoms with Crippen molar-refractivity contribution < 1.29 is 33.0 Å². The molecule has 0 spiro atoms. The van der Waals surface area contributed by atoms with Gasteiger partial charge < -0.3 is 39.9 Å². The lowest BCUT2D eigenvalue weighted by Crippen LogP contribution is -2.54. The van der Waals surface area contributed by atoms with E-state index >= 15 is 4.39 Å². The second-order valence-corrected chi connectivity index (χ2v) is 17.6. The van der Waals surface area contributed by atoms with Crippen molar-refractivity contribution in [2.24, 2.45) is 23.7 Å². The Hall–Kier alpha value is -5.99. The van der Waals surface area contributed by atoms with Gasteiger partial charge >= 0.3 is 12.2 Å². The normalized spacial score (nSPS) is 23.9. The summed E-state index contributed by atoms with van der Waals surface area (Å²) in [5.74, 6) is 0.962. The van der Waals surface area contributed by atoms with Gasteiger partial charge in [-0.3, -0.25) is 9.59 Å². The summed E-state index contributed by atoms with van der Waals surface area (Å²) in [5, 5.41) is 7.36. The second kappa shape index (κ2) is 15.2. The number of carbonyl (C=O) groups is 4. The van der Waals surface area contributed by atoms with Gasteiger partial charge in [0.25, 0.3) is 0 Å². The fourth-order valence-corrected chi connectivity index (χ4v) is 10.1. The maximum absolute atomic E-state index is 16.0. The Labute approximate surface area is 347 Å². The first-order valence-corrected chi connectivity index (χ1v) is 21.0. The molecule has 14 nitrogen and oxygen atoms in total. The topological polar surface area (TPSA) is 175 Å². The number of aromatic nitrogens is 4. The van der Waals surface area contributed by atoms with Gasteiger partial charge in [0, 0.05) is 23.0 Å². The van der Waals surface area contributed by atoms with Crippen LogP contribution in [0, 0.1) is 29.5 Å². The molecule has 5 aromatic rings. The van der Waals surface area contributed by atoms with Crippen molar-refractivity contribution in [1.82, 2.24) is 40.4 Å². The summed E-state index contributed by atoms with van der Waals surface area (Å²) in [6.07, 6.45) is 4.80. The van der Waals surface area contributed by atoms with E-state index < -0.39 is 30.1 Å². The van der Waals surface area contributed by atoms with Crippen LogP contribution >= 0.6 is 0 Å². The van der Waals surface area contributed by atoms with Gasteiger partial charge in [0.15, 0.2) is 0 Å². The molecule has 4 aliphatic rings. The molecular formula is C45H51FN8O6. The van der Waals surface area contributed by atoms with Crippen molar-refractivity contribution in [1.29, 1.82) is 0 Å². The standard InChI is InChI=1S/C45H51FN8O6/c1-21(2)36(51-44(57)59-5)42(55)53-28-11-7-26(16-28)39(53)41-47-20-33(49-41)30-13-9-24(17-31(30)46)23-8-12-29-25(15-23)10-14-32-38(29)50-40(48-32)35-19-27-18-34(27)54(35)43(56)37(22(3)4)52-45(58)60-6/h8-10,12-15,17,20-22,26-28,34-37,39H,7,11,16,18-19H2,1-6H3,(H,47,49)(H,48,50)(H,51,57)(H,52,58)/t26-,27+,28+,34+,35-,36-,37-,39-/m0/s1. The third-order valence-corrected chi connectivity index (χ3v) is 13.3. The summed E-state index contributed by atoms with van der Waals surface area (Å²) in [4.78, 5) is 72.5. The number of nitrogens with zero attached hydrogens (tertiary/aromatic N) is 4. The summed E-state index contributed by atoms with van der Waals surface area (Å²) >= 11 is 0. The van der Waals surface area contributed by atoms with E-state index in [-0.39, 0.29) is 53.7 Å². The Kier molecular flexibility index (Phi) is 10.0. The van der Waals surface area contributed by atoms with Crippen molar-refractivity contribution in [3.63, 3.8) is 0 Å². The second-order valence-electron chi connectivity index (χ2n) is 17.6. The van der Waals surface area contributed by atoms with E-state index in [4.69, 9.17) is 14.5 Å². The van der Waals surface area contributed by atoms with Crippen LogP contribution in [-0.2, 0) is 19.1 Å². The highest BCUT2D eigenvalue weighted by molar-refractivity contribution is 6.05. The van der Waals surface area contributed by atoms with E-state index in [1.54, 1.807) is 12.3 Å². The average molecular weight is 819 g/mol. The zero-order valence-electron chi connectivity index (χ0n) is 34.6. The molecule has 2 saturated heterocycles. The Morgan fingerprint density at radius 3 is 2.15 bits per heavy atom. The molecule has 60 heavy (non-hydrogen) atoms. The van der Waals surface area contributed by atoms with Gasteiger partial charge in [0.2, 0.25) is 11.8 Å². The van der Waals surface area contributed by atoms with E-state index in [2.05, 4.69) is 25.6 Å². The van der Waals surface area contributed by atoms with Crippen LogP contribution in [0.25, 0.3) is 44.2 Å². The number of rotatable bonds is 10. The fourth-order valence-electron chi connectivity index (χ4n) is 10.1. The maximum Gasteiger partial charge on any atom is 0.407 e. The van der Waals surface area contributed by atoms with Gasteiger partial charge in [-0.1, -0.05) is 52.0 Å². The Bertz CT molecular complexity index is 2520. The van der Waals surface area contributed by atoms with Gasteiger partial charge in [-0.25, -0.2) is 23.9 Å². The monoisotopic (exact) mass is 818 g/mol. The average Bonchev–Trinajstić information content (AvgIpc) is 3.85. The van der Waals surface area contributed by atoms with Crippen molar-refractivity contribution in [2.45, 2.75) is 96.1 Å². The molecule has 9 rings (SSSR count). The molecule has 4 N–H and O–H groups in total. The number of likely N-dealkylation sites (tertiary alicyclic amines) is 2. The number of ether oxygens (including phenoxy) is 2. The predicted molar refractivity (Wildman–Crippen MR) is 222 cm³/mol. The molecule has 8 atom stereocenters. The lowest BCUT2D eigenvalue weighted by Gasteiger charge is -2.37. The minimum Gasteiger partial charge on any atom is -0.453 e. The van der Waals surface area contributed by atoms with Crippen LogP contribution in [-0.4, -0.2) is 92.1 Å². The number of benzene rings is 3. The number of hydrogen-bond acceptors (Lipinski definition) is 8. The number of piperidine rings is 2. The molecule has 2 saturated carbocycles. The van der Waals surface area contributed by atoms with Crippen molar-refractivity contribution >= 4 is 45.8 Å². The van der Waals surface area contributed by atoms with Gasteiger partial charge in [-0.05, 0) is 96.6 Å². The van der Waals surface area contributed by atoms with E-state index in [1.165, 1.54) is 20.3 Å². The van der Waals surface area contributed by atoms with Crippen LogP contribution in [0.5, 0.6) is 0 Å². The number of halogens is 1. The van der Waals surface area contributed by atoms with Gasteiger partial charge in [-0.15, -0.1) is 0 Å². The summed E-state index contributed by atoms with van der Waals surface area (Å²) in [7, 11) is 2.57. The quantitative estimate of drug-likeness (QED) is 0.113. The molecule has 4 fully saturated rings. The Morgan fingerprint density at radius 2 is 1.47 bits per heavy atom. The summed E-state index contributed by atoms with van der Waals surface area (Å²) < 4.78 is 25.7. The summed E-state index contributed by atoms with van der Waals surface area (Å²) in [5.41, 5.74) is 4.10. The molecule has 0 unspecified atom stereocenters. The third-order valence-electron chi connectivity index (χ3n) is 13.3. The molecule has 2 aliphatic heterocycles. The molecule has 0 radical (unpaired) electrons. The number of amides is 4. The van der Waals surface area contributed by atoms with Crippen molar-refractivity contribution in [3.8, 4) is 22.4 Å². The smallest absolute Gasteiger partial charge is 0.407 e. The Morgan fingerprint density at radius 1 is 0.783 bits per heavy atom.